The molecule has 0 fully saturated rings. The van der Waals surface area contributed by atoms with E-state index in [0.29, 0.717) is 6.54 Å². The standard InChI is InChI=1S/C23H20N2O/c1-17-12-13-20-22(14-17)25(16-18-8-4-2-5-9-18)23(26)15-21(24-20)19-10-6-3-7-11-19/h2-15,24H,16H2,1H3. The van der Waals surface area contributed by atoms with Crippen LogP contribution in [0.1, 0.15) is 16.7 Å². The normalized spacial score (nSPS) is 13.5. The number of carbonyl (C=O) groups excluding carboxylic acids is 1. The van der Waals surface area contributed by atoms with E-state index in [4.69, 9.17) is 0 Å². The van der Waals surface area contributed by atoms with E-state index < -0.39 is 0 Å². The van der Waals surface area contributed by atoms with Gasteiger partial charge in [0.2, 0.25) is 0 Å². The SMILES string of the molecule is Cc1ccc2c(c1)N(Cc1ccccc1)C(=O)C=C(c1ccccc1)N2. The van der Waals surface area contributed by atoms with Crippen LogP contribution in [0.5, 0.6) is 0 Å². The van der Waals surface area contributed by atoms with E-state index in [1.165, 1.54) is 0 Å². The highest BCUT2D eigenvalue weighted by molar-refractivity contribution is 6.11. The van der Waals surface area contributed by atoms with Crippen LogP contribution in [0.3, 0.4) is 0 Å². The largest absolute Gasteiger partial charge is 0.353 e. The summed E-state index contributed by atoms with van der Waals surface area (Å²) < 4.78 is 0. The van der Waals surface area contributed by atoms with Crippen molar-refractivity contribution in [2.45, 2.75) is 13.5 Å². The lowest BCUT2D eigenvalue weighted by Gasteiger charge is -2.23. The van der Waals surface area contributed by atoms with E-state index in [1.54, 1.807) is 6.08 Å². The van der Waals surface area contributed by atoms with Gasteiger partial charge >= 0.3 is 0 Å². The van der Waals surface area contributed by atoms with Gasteiger partial charge in [0.25, 0.3) is 5.91 Å². The summed E-state index contributed by atoms with van der Waals surface area (Å²) in [5.41, 5.74) is 5.88. The highest BCUT2D eigenvalue weighted by Crippen LogP contribution is 2.34. The van der Waals surface area contributed by atoms with Crippen LogP contribution in [0.4, 0.5) is 11.4 Å². The summed E-state index contributed by atoms with van der Waals surface area (Å²) in [5, 5.41) is 3.45. The first-order chi connectivity index (χ1) is 12.7. The molecule has 0 radical (unpaired) electrons. The molecule has 4 rings (SSSR count). The topological polar surface area (TPSA) is 32.3 Å². The summed E-state index contributed by atoms with van der Waals surface area (Å²) in [7, 11) is 0. The first-order valence-corrected chi connectivity index (χ1v) is 8.71. The molecule has 0 bridgehead atoms. The Morgan fingerprint density at radius 2 is 1.58 bits per heavy atom. The summed E-state index contributed by atoms with van der Waals surface area (Å²) in [6, 6.07) is 26.2. The molecule has 26 heavy (non-hydrogen) atoms. The van der Waals surface area contributed by atoms with Crippen LogP contribution in [0.15, 0.2) is 84.9 Å². The Bertz CT molecular complexity index is 962. The van der Waals surface area contributed by atoms with Crippen molar-refractivity contribution >= 4 is 23.0 Å². The van der Waals surface area contributed by atoms with Crippen LogP contribution in [-0.4, -0.2) is 5.91 Å². The van der Waals surface area contributed by atoms with Crippen LogP contribution in [-0.2, 0) is 11.3 Å². The van der Waals surface area contributed by atoms with Crippen molar-refractivity contribution in [3.8, 4) is 0 Å². The van der Waals surface area contributed by atoms with Gasteiger partial charge in [-0.05, 0) is 35.7 Å². The van der Waals surface area contributed by atoms with Crippen LogP contribution >= 0.6 is 0 Å². The van der Waals surface area contributed by atoms with Gasteiger partial charge in [-0.3, -0.25) is 4.79 Å². The minimum atomic E-state index is -0.0236. The molecule has 1 aliphatic heterocycles. The van der Waals surface area contributed by atoms with Gasteiger partial charge in [0.1, 0.15) is 0 Å². The fraction of sp³-hybridized carbons (Fsp3) is 0.0870. The maximum atomic E-state index is 13.1. The quantitative estimate of drug-likeness (QED) is 0.728. The second kappa shape index (κ2) is 6.89. The summed E-state index contributed by atoms with van der Waals surface area (Å²) in [6.45, 7) is 2.58. The number of nitrogens with zero attached hydrogens (tertiary/aromatic N) is 1. The van der Waals surface area contributed by atoms with Crippen molar-refractivity contribution in [1.29, 1.82) is 0 Å². The van der Waals surface area contributed by atoms with E-state index in [9.17, 15) is 4.79 Å². The van der Waals surface area contributed by atoms with E-state index in [-0.39, 0.29) is 5.91 Å². The lowest BCUT2D eigenvalue weighted by Crippen LogP contribution is -2.28. The van der Waals surface area contributed by atoms with Crippen LogP contribution < -0.4 is 10.2 Å². The molecule has 3 heteroatoms. The third-order valence-corrected chi connectivity index (χ3v) is 4.52. The molecule has 0 saturated heterocycles. The molecule has 1 N–H and O–H groups in total. The number of benzene rings is 3. The fourth-order valence-electron chi connectivity index (χ4n) is 3.17. The first-order valence-electron chi connectivity index (χ1n) is 8.71. The molecular formula is C23H20N2O. The number of hydrogen-bond donors (Lipinski definition) is 1. The fourth-order valence-corrected chi connectivity index (χ4v) is 3.17. The number of anilines is 2. The van der Waals surface area contributed by atoms with Gasteiger partial charge < -0.3 is 10.2 Å². The predicted molar refractivity (Wildman–Crippen MR) is 107 cm³/mol. The van der Waals surface area contributed by atoms with Crippen molar-refractivity contribution in [3.05, 3.63) is 102 Å². The van der Waals surface area contributed by atoms with E-state index in [1.807, 2.05) is 78.6 Å². The van der Waals surface area contributed by atoms with Crippen LogP contribution in [0, 0.1) is 6.92 Å². The van der Waals surface area contributed by atoms with Gasteiger partial charge in [-0.15, -0.1) is 0 Å². The van der Waals surface area contributed by atoms with E-state index in [0.717, 1.165) is 33.8 Å². The second-order valence-electron chi connectivity index (χ2n) is 6.48. The third-order valence-electron chi connectivity index (χ3n) is 4.52. The van der Waals surface area contributed by atoms with Gasteiger partial charge in [0, 0.05) is 6.08 Å². The molecule has 3 aromatic carbocycles. The average Bonchev–Trinajstić information content (AvgIpc) is 2.80. The Hall–Kier alpha value is -3.33. The van der Waals surface area contributed by atoms with Crippen LogP contribution in [0.2, 0.25) is 0 Å². The molecule has 3 aromatic rings. The molecule has 1 heterocycles. The van der Waals surface area contributed by atoms with E-state index in [2.05, 4.69) is 17.4 Å². The predicted octanol–water partition coefficient (Wildman–Crippen LogP) is 4.99. The van der Waals surface area contributed by atoms with Gasteiger partial charge in [-0.1, -0.05) is 66.7 Å². The zero-order valence-corrected chi connectivity index (χ0v) is 14.6. The Balaban J connectivity index is 1.79. The second-order valence-corrected chi connectivity index (χ2v) is 6.48. The Morgan fingerprint density at radius 3 is 2.31 bits per heavy atom. The van der Waals surface area contributed by atoms with Crippen molar-refractivity contribution in [3.63, 3.8) is 0 Å². The highest BCUT2D eigenvalue weighted by atomic mass is 16.2. The highest BCUT2D eigenvalue weighted by Gasteiger charge is 2.23. The van der Waals surface area contributed by atoms with Crippen molar-refractivity contribution in [2.24, 2.45) is 0 Å². The number of aryl methyl sites for hydroxylation is 1. The Labute approximate surface area is 153 Å². The van der Waals surface area contributed by atoms with Gasteiger partial charge in [0.05, 0.1) is 23.6 Å². The molecule has 0 saturated carbocycles. The minimum absolute atomic E-state index is 0.0236. The zero-order chi connectivity index (χ0) is 17.9. The number of carbonyl (C=O) groups is 1. The number of rotatable bonds is 3. The molecule has 0 spiro atoms. The monoisotopic (exact) mass is 340 g/mol. The summed E-state index contributed by atoms with van der Waals surface area (Å²) in [4.78, 5) is 14.9. The number of hydrogen-bond acceptors (Lipinski definition) is 2. The number of fused-ring (bicyclic) bond motifs is 1. The maximum absolute atomic E-state index is 13.1. The minimum Gasteiger partial charge on any atom is -0.353 e. The molecule has 1 amide bonds. The summed E-state index contributed by atoms with van der Waals surface area (Å²) in [5.74, 6) is -0.0236. The summed E-state index contributed by atoms with van der Waals surface area (Å²) in [6.07, 6.45) is 1.69. The molecule has 3 nitrogen and oxygen atoms in total. The average molecular weight is 340 g/mol. The third kappa shape index (κ3) is 3.24. The van der Waals surface area contributed by atoms with Gasteiger partial charge in [-0.25, -0.2) is 0 Å². The number of amides is 1. The molecular weight excluding hydrogens is 320 g/mol. The summed E-state index contributed by atoms with van der Waals surface area (Å²) >= 11 is 0. The molecule has 0 atom stereocenters. The van der Waals surface area contributed by atoms with Crippen molar-refractivity contribution in [2.75, 3.05) is 10.2 Å². The molecule has 0 unspecified atom stereocenters. The number of nitrogens with one attached hydrogen (secondary N) is 1. The molecule has 0 aliphatic carbocycles. The first kappa shape index (κ1) is 16.2. The maximum Gasteiger partial charge on any atom is 0.253 e. The van der Waals surface area contributed by atoms with Crippen molar-refractivity contribution < 1.29 is 4.79 Å². The zero-order valence-electron chi connectivity index (χ0n) is 14.6. The van der Waals surface area contributed by atoms with Crippen molar-refractivity contribution in [1.82, 2.24) is 0 Å². The lowest BCUT2D eigenvalue weighted by atomic mass is 10.1. The molecule has 1 aliphatic rings. The van der Waals surface area contributed by atoms with Gasteiger partial charge in [0.15, 0.2) is 0 Å². The van der Waals surface area contributed by atoms with Crippen LogP contribution in [0.25, 0.3) is 5.70 Å². The Morgan fingerprint density at radius 1 is 0.885 bits per heavy atom. The lowest BCUT2D eigenvalue weighted by molar-refractivity contribution is -0.114. The Kier molecular flexibility index (Phi) is 4.28. The molecule has 128 valence electrons. The molecule has 0 aromatic heterocycles. The van der Waals surface area contributed by atoms with E-state index >= 15 is 0 Å². The van der Waals surface area contributed by atoms with Gasteiger partial charge in [-0.2, -0.15) is 0 Å². The smallest absolute Gasteiger partial charge is 0.253 e.